The van der Waals surface area contributed by atoms with E-state index in [0.717, 1.165) is 55.7 Å². The zero-order valence-electron chi connectivity index (χ0n) is 22.4. The molecule has 0 radical (unpaired) electrons. The lowest BCUT2D eigenvalue weighted by atomic mass is 9.94. The molecule has 0 aliphatic carbocycles. The molecule has 41 heavy (non-hydrogen) atoms. The Morgan fingerprint density at radius 1 is 1.17 bits per heavy atom. The number of nitrogens with zero attached hydrogens (tertiary/aromatic N) is 7. The number of ether oxygens (including phenoxy) is 1. The Morgan fingerprint density at radius 2 is 2.00 bits per heavy atom. The number of likely N-dealkylation sites (N-methyl/N-ethyl adjacent to an activating group) is 1. The van der Waals surface area contributed by atoms with Gasteiger partial charge in [-0.1, -0.05) is 0 Å². The molecule has 0 spiro atoms. The van der Waals surface area contributed by atoms with Crippen LogP contribution in [-0.4, -0.2) is 88.3 Å². The highest BCUT2D eigenvalue weighted by Gasteiger charge is 2.35. The van der Waals surface area contributed by atoms with Gasteiger partial charge in [0.05, 0.1) is 42.0 Å². The zero-order chi connectivity index (χ0) is 28.4. The summed E-state index contributed by atoms with van der Waals surface area (Å²) in [6, 6.07) is 2.44. The molecule has 2 fully saturated rings. The van der Waals surface area contributed by atoms with Crippen LogP contribution in [-0.2, 0) is 18.0 Å². The summed E-state index contributed by atoms with van der Waals surface area (Å²) < 4.78 is 37.2. The molecule has 3 aromatic heterocycles. The first kappa shape index (κ1) is 26.4. The summed E-state index contributed by atoms with van der Waals surface area (Å²) in [5.74, 6) is -0.788. The quantitative estimate of drug-likeness (QED) is 0.373. The number of nitrogens with two attached hydrogens (primary N) is 1. The minimum atomic E-state index is -0.616. The number of benzene rings is 1. The van der Waals surface area contributed by atoms with Crippen molar-refractivity contribution in [3.63, 3.8) is 0 Å². The lowest BCUT2D eigenvalue weighted by Gasteiger charge is -2.41. The van der Waals surface area contributed by atoms with Gasteiger partial charge in [0.15, 0.2) is 11.6 Å². The number of rotatable bonds is 4. The predicted molar refractivity (Wildman–Crippen MR) is 151 cm³/mol. The van der Waals surface area contributed by atoms with Crippen LogP contribution in [0.3, 0.4) is 0 Å². The number of aliphatic hydroxyl groups is 1. The summed E-state index contributed by atoms with van der Waals surface area (Å²) in [5, 5.41) is 20.5. The average molecular weight is 579 g/mol. The first-order chi connectivity index (χ1) is 19.9. The van der Waals surface area contributed by atoms with E-state index in [9.17, 15) is 14.8 Å². The van der Waals surface area contributed by atoms with Crippen molar-refractivity contribution in [2.45, 2.75) is 31.7 Å². The van der Waals surface area contributed by atoms with Crippen molar-refractivity contribution in [1.82, 2.24) is 24.8 Å². The number of hydrogen-bond acceptors (Lipinski definition) is 11. The second kappa shape index (κ2) is 10.1. The predicted octanol–water partition coefficient (Wildman–Crippen LogP) is 2.86. The van der Waals surface area contributed by atoms with Gasteiger partial charge in [-0.3, -0.25) is 14.8 Å². The van der Waals surface area contributed by atoms with E-state index in [1.165, 1.54) is 0 Å². The van der Waals surface area contributed by atoms with Crippen molar-refractivity contribution in [2.24, 2.45) is 0 Å². The van der Waals surface area contributed by atoms with Crippen LogP contribution in [0.4, 0.5) is 19.7 Å². The van der Waals surface area contributed by atoms with Crippen LogP contribution in [0.15, 0.2) is 12.4 Å². The van der Waals surface area contributed by atoms with Gasteiger partial charge in [0.2, 0.25) is 5.95 Å². The Balaban J connectivity index is 1.30. The Hall–Kier alpha value is -3.54. The fourth-order valence-electron chi connectivity index (χ4n) is 6.41. The number of hydrogen-bond donors (Lipinski definition) is 2. The molecule has 4 aromatic rings. The second-order valence-electron chi connectivity index (χ2n) is 10.9. The van der Waals surface area contributed by atoms with Crippen molar-refractivity contribution in [2.75, 3.05) is 57.0 Å². The molecule has 3 aliphatic heterocycles. The molecular weight excluding hydrogens is 550 g/mol. The number of piperazine rings is 1. The third kappa shape index (κ3) is 4.12. The average Bonchev–Trinajstić information content (AvgIpc) is 3.73. The van der Waals surface area contributed by atoms with E-state index in [1.807, 2.05) is 13.1 Å². The van der Waals surface area contributed by atoms with Crippen molar-refractivity contribution in [3.05, 3.63) is 40.7 Å². The Bertz CT molecular complexity index is 1740. The molecule has 0 bridgehead atoms. The lowest BCUT2D eigenvalue weighted by molar-refractivity contribution is 0.0399. The molecule has 2 atom stereocenters. The molecule has 2 saturated heterocycles. The zero-order valence-corrected chi connectivity index (χ0v) is 23.2. The molecule has 3 aliphatic rings. The summed E-state index contributed by atoms with van der Waals surface area (Å²) in [6.07, 6.45) is 3.61. The maximum atomic E-state index is 16.6. The smallest absolute Gasteiger partial charge is 0.226 e. The first-order valence-electron chi connectivity index (χ1n) is 13.5. The molecule has 3 N–H and O–H groups in total. The molecule has 13 heteroatoms. The summed E-state index contributed by atoms with van der Waals surface area (Å²) in [5.41, 5.74) is 7.92. The van der Waals surface area contributed by atoms with Gasteiger partial charge in [-0.15, -0.1) is 11.3 Å². The van der Waals surface area contributed by atoms with Gasteiger partial charge in [0.25, 0.3) is 0 Å². The lowest BCUT2D eigenvalue weighted by Crippen LogP contribution is -2.56. The Labute approximate surface area is 238 Å². The van der Waals surface area contributed by atoms with Crippen molar-refractivity contribution < 1.29 is 18.6 Å². The van der Waals surface area contributed by atoms with Crippen molar-refractivity contribution in [1.29, 1.82) is 5.26 Å². The maximum absolute atomic E-state index is 16.6. The van der Waals surface area contributed by atoms with E-state index in [4.69, 9.17) is 15.5 Å². The number of nitrogen functional groups attached to an aromatic ring is 1. The van der Waals surface area contributed by atoms with E-state index in [-0.39, 0.29) is 69.3 Å². The second-order valence-corrected chi connectivity index (χ2v) is 11.9. The monoisotopic (exact) mass is 578 g/mol. The number of pyridine rings is 1. The summed E-state index contributed by atoms with van der Waals surface area (Å²) >= 11 is 0.948. The summed E-state index contributed by atoms with van der Waals surface area (Å²) in [7, 11) is 2.04. The van der Waals surface area contributed by atoms with Gasteiger partial charge in [0, 0.05) is 67.3 Å². The summed E-state index contributed by atoms with van der Waals surface area (Å²) in [6.45, 7) is 4.57. The van der Waals surface area contributed by atoms with Gasteiger partial charge in [-0.2, -0.15) is 5.26 Å². The van der Waals surface area contributed by atoms with Gasteiger partial charge in [-0.25, -0.2) is 18.7 Å². The maximum Gasteiger partial charge on any atom is 0.226 e. The van der Waals surface area contributed by atoms with Crippen LogP contribution in [0.2, 0.25) is 0 Å². The van der Waals surface area contributed by atoms with Crippen LogP contribution in [0.5, 0.6) is 0 Å². The number of thiophene rings is 1. The van der Waals surface area contributed by atoms with Crippen LogP contribution < -0.4 is 10.6 Å². The number of aromatic nitrogens is 3. The minimum absolute atomic E-state index is 0.0815. The van der Waals surface area contributed by atoms with Crippen LogP contribution in [0.25, 0.3) is 32.2 Å². The fraction of sp³-hybridized carbons (Fsp3) is 0.429. The normalized spacial score (nSPS) is 21.7. The molecular formula is C28H28F2N8O2S. The highest BCUT2D eigenvalue weighted by Crippen LogP contribution is 2.45. The number of fused-ring (bicyclic) bond motifs is 4. The van der Waals surface area contributed by atoms with Crippen LogP contribution >= 0.6 is 11.3 Å². The SMILES string of the molecule is CN1CCN([C@@H]2CCN(c3ncc4c5c(c(-c6ncc(F)c7sc(N)c(C#N)c67)c(F)c4n3)COC5)C2)C[C@H]1CO. The third-order valence-corrected chi connectivity index (χ3v) is 9.74. The molecule has 0 amide bonds. The van der Waals surface area contributed by atoms with E-state index in [0.29, 0.717) is 23.4 Å². The van der Waals surface area contributed by atoms with Crippen molar-refractivity contribution in [3.8, 4) is 17.3 Å². The van der Waals surface area contributed by atoms with Crippen LogP contribution in [0, 0.1) is 23.0 Å². The minimum Gasteiger partial charge on any atom is -0.395 e. The molecule has 1 aromatic carbocycles. The standard InChI is InChI=1S/C28H28F2N8O2S/c1-36-4-5-37(10-15(36)11-39)14-2-3-38(9-14)28-34-7-17-18-12-40-13-19(18)21(23(30)24(17)35-28)25-22-16(6-31)27(32)41-26(22)20(29)8-33-25/h7-8,14-15,39H,2-5,9-13,32H2,1H3/t14-,15+/m1/s1. The molecule has 212 valence electrons. The van der Waals surface area contributed by atoms with Crippen molar-refractivity contribution >= 4 is 43.3 Å². The number of anilines is 2. The highest BCUT2D eigenvalue weighted by molar-refractivity contribution is 7.23. The molecule has 6 heterocycles. The molecule has 0 unspecified atom stereocenters. The summed E-state index contributed by atoms with van der Waals surface area (Å²) in [4.78, 5) is 20.3. The van der Waals surface area contributed by atoms with Crippen LogP contribution in [0.1, 0.15) is 23.1 Å². The Kier molecular flexibility index (Phi) is 6.48. The van der Waals surface area contributed by atoms with E-state index < -0.39 is 11.6 Å². The Morgan fingerprint density at radius 3 is 2.80 bits per heavy atom. The highest BCUT2D eigenvalue weighted by atomic mass is 32.1. The molecule has 7 rings (SSSR count). The van der Waals surface area contributed by atoms with Gasteiger partial charge >= 0.3 is 0 Å². The third-order valence-electron chi connectivity index (χ3n) is 8.71. The topological polar surface area (TPSA) is 128 Å². The number of halogens is 2. The number of nitriles is 1. The molecule has 0 saturated carbocycles. The fourth-order valence-corrected chi connectivity index (χ4v) is 7.33. The van der Waals surface area contributed by atoms with E-state index in [1.54, 1.807) is 6.20 Å². The van der Waals surface area contributed by atoms with Gasteiger partial charge in [-0.05, 0) is 24.6 Å². The van der Waals surface area contributed by atoms with E-state index in [2.05, 4.69) is 24.7 Å². The molecule has 10 nitrogen and oxygen atoms in total. The van der Waals surface area contributed by atoms with Gasteiger partial charge in [0.1, 0.15) is 16.6 Å². The van der Waals surface area contributed by atoms with Gasteiger partial charge < -0.3 is 20.5 Å². The number of aliphatic hydroxyl groups excluding tert-OH is 1. The van der Waals surface area contributed by atoms with E-state index >= 15 is 4.39 Å². The first-order valence-corrected chi connectivity index (χ1v) is 14.4. The largest absolute Gasteiger partial charge is 0.395 e.